The number of carbonyl (C=O) groups excluding carboxylic acids is 2. The summed E-state index contributed by atoms with van der Waals surface area (Å²) in [5.74, 6) is 1.19. The fraction of sp³-hybridized carbons (Fsp3) is 0.450. The predicted octanol–water partition coefficient (Wildman–Crippen LogP) is 2.37. The number of hydrogen-bond acceptors (Lipinski definition) is 4. The normalized spacial score (nSPS) is 16.8. The van der Waals surface area contributed by atoms with Crippen LogP contribution in [0.15, 0.2) is 36.7 Å². The number of hydrogen-bond donors (Lipinski definition) is 2. The second-order valence-corrected chi connectivity index (χ2v) is 6.91. The number of likely N-dealkylation sites (tertiary alicyclic amines) is 1. The monoisotopic (exact) mass is 370 g/mol. The Bertz CT molecular complexity index is 760. The highest BCUT2D eigenvalue weighted by Gasteiger charge is 2.25. The molecule has 0 aliphatic carbocycles. The fourth-order valence-corrected chi connectivity index (χ4v) is 3.44. The molecule has 0 radical (unpaired) electrons. The number of carbonyl (C=O) groups is 2. The van der Waals surface area contributed by atoms with Gasteiger partial charge >= 0.3 is 0 Å². The van der Waals surface area contributed by atoms with Crippen molar-refractivity contribution in [2.24, 2.45) is 5.92 Å². The number of nitrogens with zero attached hydrogens (tertiary/aromatic N) is 2. The summed E-state index contributed by atoms with van der Waals surface area (Å²) in [6.45, 7) is 1.96. The predicted molar refractivity (Wildman–Crippen MR) is 101 cm³/mol. The fourth-order valence-electron chi connectivity index (χ4n) is 3.44. The second-order valence-electron chi connectivity index (χ2n) is 6.91. The summed E-state index contributed by atoms with van der Waals surface area (Å²) in [5.41, 5.74) is 1.60. The lowest BCUT2D eigenvalue weighted by Gasteiger charge is -2.32. The van der Waals surface area contributed by atoms with Gasteiger partial charge in [0.05, 0.1) is 18.9 Å². The van der Waals surface area contributed by atoms with E-state index in [0.717, 1.165) is 37.1 Å². The van der Waals surface area contributed by atoms with E-state index in [0.29, 0.717) is 31.0 Å². The first-order chi connectivity index (χ1) is 13.2. The van der Waals surface area contributed by atoms with E-state index in [-0.39, 0.29) is 11.8 Å². The number of methoxy groups -OCH3 is 1. The van der Waals surface area contributed by atoms with Crippen molar-refractivity contribution in [1.29, 1.82) is 0 Å². The van der Waals surface area contributed by atoms with Crippen LogP contribution in [0.25, 0.3) is 0 Å². The van der Waals surface area contributed by atoms with Crippen LogP contribution in [0.3, 0.4) is 0 Å². The summed E-state index contributed by atoms with van der Waals surface area (Å²) in [6, 6.07) is 7.67. The molecule has 0 unspecified atom stereocenters. The average molecular weight is 370 g/mol. The van der Waals surface area contributed by atoms with Gasteiger partial charge in [-0.3, -0.25) is 14.7 Å². The molecule has 1 aromatic carbocycles. The van der Waals surface area contributed by atoms with Crippen molar-refractivity contribution < 1.29 is 14.3 Å². The van der Waals surface area contributed by atoms with Gasteiger partial charge in [0, 0.05) is 32.3 Å². The Morgan fingerprint density at radius 2 is 2.30 bits per heavy atom. The zero-order valence-electron chi connectivity index (χ0n) is 15.6. The van der Waals surface area contributed by atoms with E-state index in [1.165, 1.54) is 0 Å². The Morgan fingerprint density at radius 1 is 1.41 bits per heavy atom. The van der Waals surface area contributed by atoms with Gasteiger partial charge in [0.2, 0.25) is 5.91 Å². The minimum atomic E-state index is 0.0101. The van der Waals surface area contributed by atoms with Gasteiger partial charge in [-0.05, 0) is 42.9 Å². The summed E-state index contributed by atoms with van der Waals surface area (Å²) < 4.78 is 5.19. The van der Waals surface area contributed by atoms with Crippen molar-refractivity contribution in [3.63, 3.8) is 0 Å². The SMILES string of the molecule is COc1cccc(CNC(=O)CC[C@H]2CCCN(C(=O)c3cn[nH]c3)C2)c1. The van der Waals surface area contributed by atoms with Crippen molar-refractivity contribution in [1.82, 2.24) is 20.4 Å². The number of ether oxygens (including phenoxy) is 1. The molecule has 1 fully saturated rings. The van der Waals surface area contributed by atoms with Gasteiger partial charge in [-0.25, -0.2) is 0 Å². The number of amides is 2. The first kappa shape index (κ1) is 18.9. The Kier molecular flexibility index (Phi) is 6.46. The van der Waals surface area contributed by atoms with Crippen LogP contribution in [-0.2, 0) is 11.3 Å². The van der Waals surface area contributed by atoms with Crippen molar-refractivity contribution >= 4 is 11.8 Å². The molecule has 1 saturated heterocycles. The molecular weight excluding hydrogens is 344 g/mol. The molecule has 144 valence electrons. The molecule has 2 aromatic rings. The lowest BCUT2D eigenvalue weighted by molar-refractivity contribution is -0.121. The van der Waals surface area contributed by atoms with Crippen LogP contribution in [-0.4, -0.2) is 47.1 Å². The lowest BCUT2D eigenvalue weighted by atomic mass is 9.93. The van der Waals surface area contributed by atoms with Gasteiger partial charge in [0.25, 0.3) is 5.91 Å². The van der Waals surface area contributed by atoms with Crippen LogP contribution in [0.2, 0.25) is 0 Å². The van der Waals surface area contributed by atoms with Crippen LogP contribution in [0.4, 0.5) is 0 Å². The van der Waals surface area contributed by atoms with E-state index >= 15 is 0 Å². The van der Waals surface area contributed by atoms with E-state index < -0.39 is 0 Å². The largest absolute Gasteiger partial charge is 0.497 e. The molecule has 0 saturated carbocycles. The van der Waals surface area contributed by atoms with Crippen LogP contribution < -0.4 is 10.1 Å². The topological polar surface area (TPSA) is 87.3 Å². The van der Waals surface area contributed by atoms with Crippen molar-refractivity contribution in [3.8, 4) is 5.75 Å². The van der Waals surface area contributed by atoms with Crippen molar-refractivity contribution in [2.75, 3.05) is 20.2 Å². The van der Waals surface area contributed by atoms with Gasteiger partial charge in [-0.15, -0.1) is 0 Å². The number of aromatic amines is 1. The molecule has 0 bridgehead atoms. The average Bonchev–Trinajstić information content (AvgIpc) is 3.25. The molecule has 27 heavy (non-hydrogen) atoms. The Morgan fingerprint density at radius 3 is 3.07 bits per heavy atom. The smallest absolute Gasteiger partial charge is 0.257 e. The standard InChI is InChI=1S/C20H26N4O3/c1-27-18-6-2-4-16(10-18)11-21-19(25)8-7-15-5-3-9-24(14-15)20(26)17-12-22-23-13-17/h2,4,6,10,12-13,15H,3,5,7-9,11,14H2,1H3,(H,21,25)(H,22,23)/t15-/m1/s1. The van der Waals surface area contributed by atoms with Crippen molar-refractivity contribution in [3.05, 3.63) is 47.8 Å². The maximum atomic E-state index is 12.4. The highest BCUT2D eigenvalue weighted by Crippen LogP contribution is 2.22. The van der Waals surface area contributed by atoms with E-state index in [1.54, 1.807) is 19.5 Å². The molecule has 1 aromatic heterocycles. The summed E-state index contributed by atoms with van der Waals surface area (Å²) in [5, 5.41) is 9.48. The van der Waals surface area contributed by atoms with Crippen LogP contribution in [0.1, 0.15) is 41.6 Å². The number of nitrogens with one attached hydrogen (secondary N) is 2. The van der Waals surface area contributed by atoms with E-state index in [4.69, 9.17) is 4.74 Å². The van der Waals surface area contributed by atoms with Crippen molar-refractivity contribution in [2.45, 2.75) is 32.2 Å². The lowest BCUT2D eigenvalue weighted by Crippen LogP contribution is -2.40. The third-order valence-corrected chi connectivity index (χ3v) is 4.95. The number of piperidine rings is 1. The van der Waals surface area contributed by atoms with E-state index in [1.807, 2.05) is 29.2 Å². The Labute approximate surface area is 159 Å². The zero-order valence-corrected chi connectivity index (χ0v) is 15.6. The number of H-pyrrole nitrogens is 1. The quantitative estimate of drug-likeness (QED) is 0.783. The molecule has 2 heterocycles. The summed E-state index contributed by atoms with van der Waals surface area (Å²) in [6.07, 6.45) is 6.47. The molecule has 7 nitrogen and oxygen atoms in total. The molecule has 2 amide bonds. The number of benzene rings is 1. The van der Waals surface area contributed by atoms with Gasteiger partial charge < -0.3 is 15.0 Å². The molecule has 2 N–H and O–H groups in total. The first-order valence-corrected chi connectivity index (χ1v) is 9.33. The highest BCUT2D eigenvalue weighted by molar-refractivity contribution is 5.93. The zero-order chi connectivity index (χ0) is 19.1. The minimum Gasteiger partial charge on any atom is -0.497 e. The molecule has 1 aliphatic rings. The Hall–Kier alpha value is -2.83. The number of aromatic nitrogens is 2. The molecule has 7 heteroatoms. The molecule has 3 rings (SSSR count). The maximum Gasteiger partial charge on any atom is 0.257 e. The molecular formula is C20H26N4O3. The maximum absolute atomic E-state index is 12.4. The summed E-state index contributed by atoms with van der Waals surface area (Å²) in [7, 11) is 1.63. The summed E-state index contributed by atoms with van der Waals surface area (Å²) in [4.78, 5) is 26.5. The van der Waals surface area contributed by atoms with Gasteiger partial charge in [-0.2, -0.15) is 5.10 Å². The van der Waals surface area contributed by atoms with E-state index in [9.17, 15) is 9.59 Å². The van der Waals surface area contributed by atoms with Crippen LogP contribution >= 0.6 is 0 Å². The van der Waals surface area contributed by atoms with Crippen LogP contribution in [0.5, 0.6) is 5.75 Å². The Balaban J connectivity index is 1.42. The molecule has 0 spiro atoms. The molecule has 1 atom stereocenters. The van der Waals surface area contributed by atoms with Gasteiger partial charge in [0.1, 0.15) is 5.75 Å². The second kappa shape index (κ2) is 9.21. The summed E-state index contributed by atoms with van der Waals surface area (Å²) >= 11 is 0. The minimum absolute atomic E-state index is 0.0101. The highest BCUT2D eigenvalue weighted by atomic mass is 16.5. The molecule has 1 aliphatic heterocycles. The third-order valence-electron chi connectivity index (χ3n) is 4.95. The van der Waals surface area contributed by atoms with Crippen LogP contribution in [0, 0.1) is 5.92 Å². The first-order valence-electron chi connectivity index (χ1n) is 9.33. The van der Waals surface area contributed by atoms with Gasteiger partial charge in [-0.1, -0.05) is 12.1 Å². The van der Waals surface area contributed by atoms with E-state index in [2.05, 4.69) is 15.5 Å². The number of rotatable bonds is 7. The third kappa shape index (κ3) is 5.32. The van der Waals surface area contributed by atoms with Gasteiger partial charge in [0.15, 0.2) is 0 Å².